The van der Waals surface area contributed by atoms with Crippen LogP contribution < -0.4 is 22.1 Å². The normalized spacial score (nSPS) is 10.3. The minimum Gasteiger partial charge on any atom is -0.395 e. The molecule has 0 radical (unpaired) electrons. The standard InChI is InChI=1S/C15H16N6O.C2H6O4S/c16-13(17)9-3-1-5-11(7-9)20-15(22)21-12-6-2-4-10(8-12)14(18)19;3-1-2-7(4,5)6/h1-8H,(H3,16,17)(H3,18,19)(H2,20,21,22);3H,1-2H2,(H,4,5,6). The molecule has 0 saturated carbocycles. The second-order valence-electron chi connectivity index (χ2n) is 5.58. The van der Waals surface area contributed by atoms with E-state index in [4.69, 9.17) is 31.9 Å². The number of nitrogens with one attached hydrogen (secondary N) is 4. The Kier molecular flexibility index (Phi) is 8.73. The molecular formula is C17H22N6O5S. The van der Waals surface area contributed by atoms with Gasteiger partial charge in [0.2, 0.25) is 0 Å². The predicted octanol–water partition coefficient (Wildman–Crippen LogP) is 0.765. The number of urea groups is 1. The van der Waals surface area contributed by atoms with Gasteiger partial charge in [0.25, 0.3) is 10.1 Å². The summed E-state index contributed by atoms with van der Waals surface area (Å²) in [4.78, 5) is 12.0. The van der Waals surface area contributed by atoms with Gasteiger partial charge < -0.3 is 27.2 Å². The molecule has 0 bridgehead atoms. The van der Waals surface area contributed by atoms with Gasteiger partial charge in [-0.3, -0.25) is 15.4 Å². The van der Waals surface area contributed by atoms with Gasteiger partial charge in [0.15, 0.2) is 0 Å². The number of rotatable bonds is 6. The van der Waals surface area contributed by atoms with Crippen molar-refractivity contribution in [2.24, 2.45) is 11.5 Å². The summed E-state index contributed by atoms with van der Waals surface area (Å²) in [5.41, 5.74) is 12.9. The van der Waals surface area contributed by atoms with Crippen LogP contribution in [0.2, 0.25) is 0 Å². The van der Waals surface area contributed by atoms with Crippen LogP contribution in [0.1, 0.15) is 11.1 Å². The molecule has 0 heterocycles. The van der Waals surface area contributed by atoms with Crippen LogP contribution in [0, 0.1) is 10.8 Å². The van der Waals surface area contributed by atoms with Gasteiger partial charge in [-0.2, -0.15) is 8.42 Å². The van der Waals surface area contributed by atoms with E-state index >= 15 is 0 Å². The highest BCUT2D eigenvalue weighted by molar-refractivity contribution is 7.85. The van der Waals surface area contributed by atoms with E-state index in [-0.39, 0.29) is 11.7 Å². The number of amides is 2. The minimum absolute atomic E-state index is 0.0711. The Bertz CT molecular complexity index is 932. The third-order valence-electron chi connectivity index (χ3n) is 3.21. The van der Waals surface area contributed by atoms with Crippen LogP contribution in [0.25, 0.3) is 0 Å². The number of carbonyl (C=O) groups is 1. The van der Waals surface area contributed by atoms with Gasteiger partial charge in [-0.15, -0.1) is 0 Å². The molecule has 11 nitrogen and oxygen atoms in total. The molecule has 0 fully saturated rings. The first kappa shape index (κ1) is 23.6. The molecule has 2 aromatic carbocycles. The molecule has 156 valence electrons. The summed E-state index contributed by atoms with van der Waals surface area (Å²) < 4.78 is 27.1. The van der Waals surface area contributed by atoms with Crippen LogP contribution in [0.5, 0.6) is 0 Å². The zero-order valence-electron chi connectivity index (χ0n) is 15.2. The van der Waals surface area contributed by atoms with E-state index in [0.717, 1.165) is 0 Å². The number of aliphatic hydroxyl groups excluding tert-OH is 1. The number of aliphatic hydroxyl groups is 1. The summed E-state index contributed by atoms with van der Waals surface area (Å²) in [5, 5.41) is 27.9. The molecule has 0 aliphatic heterocycles. The summed E-state index contributed by atoms with van der Waals surface area (Å²) in [6, 6.07) is 12.9. The molecule has 0 atom stereocenters. The third kappa shape index (κ3) is 9.32. The van der Waals surface area contributed by atoms with Gasteiger partial charge in [-0.05, 0) is 24.3 Å². The zero-order chi connectivity index (χ0) is 22.0. The van der Waals surface area contributed by atoms with E-state index in [2.05, 4.69) is 10.6 Å². The number of hydrogen-bond acceptors (Lipinski definition) is 6. The van der Waals surface area contributed by atoms with Gasteiger partial charge in [-0.25, -0.2) is 4.79 Å². The molecule has 0 saturated heterocycles. The van der Waals surface area contributed by atoms with Crippen molar-refractivity contribution in [1.29, 1.82) is 10.8 Å². The first-order valence-corrected chi connectivity index (χ1v) is 9.65. The lowest BCUT2D eigenvalue weighted by Gasteiger charge is -2.09. The van der Waals surface area contributed by atoms with Gasteiger partial charge in [0, 0.05) is 22.5 Å². The molecular weight excluding hydrogens is 400 g/mol. The van der Waals surface area contributed by atoms with Gasteiger partial charge in [0.05, 0.1) is 12.4 Å². The maximum atomic E-state index is 12.0. The van der Waals surface area contributed by atoms with Crippen LogP contribution in [0.15, 0.2) is 48.5 Å². The average molecular weight is 422 g/mol. The monoisotopic (exact) mass is 422 g/mol. The number of anilines is 2. The fourth-order valence-electron chi connectivity index (χ4n) is 1.94. The van der Waals surface area contributed by atoms with Gasteiger partial charge >= 0.3 is 6.03 Å². The lowest BCUT2D eigenvalue weighted by molar-refractivity contribution is 0.262. The zero-order valence-corrected chi connectivity index (χ0v) is 16.0. The summed E-state index contributed by atoms with van der Waals surface area (Å²) in [5.74, 6) is -0.719. The highest BCUT2D eigenvalue weighted by atomic mass is 32.2. The maximum absolute atomic E-state index is 12.0. The quantitative estimate of drug-likeness (QED) is 0.190. The second kappa shape index (κ2) is 10.8. The van der Waals surface area contributed by atoms with Crippen molar-refractivity contribution in [3.63, 3.8) is 0 Å². The summed E-state index contributed by atoms with van der Waals surface area (Å²) in [6.45, 7) is -0.529. The van der Waals surface area contributed by atoms with E-state index < -0.39 is 28.5 Å². The molecule has 0 aliphatic carbocycles. The summed E-state index contributed by atoms with van der Waals surface area (Å²) in [7, 11) is -3.92. The van der Waals surface area contributed by atoms with Crippen LogP contribution in [-0.4, -0.2) is 48.1 Å². The number of amidine groups is 2. The first-order chi connectivity index (χ1) is 13.5. The van der Waals surface area contributed by atoms with E-state index in [1.807, 2.05) is 0 Å². The molecule has 2 amide bonds. The van der Waals surface area contributed by atoms with Crippen molar-refractivity contribution < 1.29 is 22.9 Å². The fraction of sp³-hybridized carbons (Fsp3) is 0.118. The van der Waals surface area contributed by atoms with Crippen LogP contribution >= 0.6 is 0 Å². The number of benzene rings is 2. The first-order valence-electron chi connectivity index (χ1n) is 8.05. The molecule has 12 heteroatoms. The fourth-order valence-corrected chi connectivity index (χ4v) is 2.17. The van der Waals surface area contributed by atoms with Crippen LogP contribution in [0.4, 0.5) is 16.2 Å². The minimum atomic E-state index is -3.92. The molecule has 29 heavy (non-hydrogen) atoms. The van der Waals surface area contributed by atoms with Crippen molar-refractivity contribution in [2.75, 3.05) is 23.0 Å². The number of nitrogens with two attached hydrogens (primary N) is 2. The van der Waals surface area contributed by atoms with Crippen molar-refractivity contribution in [3.05, 3.63) is 59.7 Å². The number of carbonyl (C=O) groups excluding carboxylic acids is 1. The number of hydrogen-bond donors (Lipinski definition) is 8. The van der Waals surface area contributed by atoms with Crippen LogP contribution in [0.3, 0.4) is 0 Å². The largest absolute Gasteiger partial charge is 0.395 e. The smallest absolute Gasteiger partial charge is 0.323 e. The molecule has 2 aromatic rings. The number of nitrogen functional groups attached to an aromatic ring is 2. The lowest BCUT2D eigenvalue weighted by Crippen LogP contribution is -2.20. The van der Waals surface area contributed by atoms with Crippen molar-refractivity contribution in [3.8, 4) is 0 Å². The van der Waals surface area contributed by atoms with E-state index in [1.54, 1.807) is 48.5 Å². The average Bonchev–Trinajstić information content (AvgIpc) is 2.61. The molecule has 0 unspecified atom stereocenters. The molecule has 0 aromatic heterocycles. The second-order valence-corrected chi connectivity index (χ2v) is 7.15. The Morgan fingerprint density at radius 2 is 1.34 bits per heavy atom. The Hall–Kier alpha value is -3.48. The van der Waals surface area contributed by atoms with Crippen molar-refractivity contribution in [2.45, 2.75) is 0 Å². The molecule has 0 aliphatic rings. The van der Waals surface area contributed by atoms with E-state index in [1.165, 1.54) is 0 Å². The topological polar surface area (TPSA) is 215 Å². The summed E-state index contributed by atoms with van der Waals surface area (Å²) >= 11 is 0. The molecule has 2 rings (SSSR count). The Morgan fingerprint density at radius 1 is 0.931 bits per heavy atom. The van der Waals surface area contributed by atoms with E-state index in [0.29, 0.717) is 22.5 Å². The van der Waals surface area contributed by atoms with Gasteiger partial charge in [-0.1, -0.05) is 24.3 Å². The highest BCUT2D eigenvalue weighted by Gasteiger charge is 2.05. The van der Waals surface area contributed by atoms with Crippen LogP contribution in [-0.2, 0) is 10.1 Å². The Labute approximate surface area is 167 Å². The molecule has 10 N–H and O–H groups in total. The predicted molar refractivity (Wildman–Crippen MR) is 111 cm³/mol. The lowest BCUT2D eigenvalue weighted by atomic mass is 10.2. The van der Waals surface area contributed by atoms with E-state index in [9.17, 15) is 13.2 Å². The highest BCUT2D eigenvalue weighted by Crippen LogP contribution is 2.13. The van der Waals surface area contributed by atoms with Gasteiger partial charge in [0.1, 0.15) is 11.7 Å². The Balaban J connectivity index is 0.000000516. The summed E-state index contributed by atoms with van der Waals surface area (Å²) in [6.07, 6.45) is 0. The van der Waals surface area contributed by atoms with Crippen molar-refractivity contribution >= 4 is 39.2 Å². The maximum Gasteiger partial charge on any atom is 0.323 e. The molecule has 0 spiro atoms. The third-order valence-corrected chi connectivity index (χ3v) is 3.91. The Morgan fingerprint density at radius 3 is 1.62 bits per heavy atom. The van der Waals surface area contributed by atoms with Crippen molar-refractivity contribution in [1.82, 2.24) is 0 Å². The SMILES string of the molecule is N=C(N)c1cccc(NC(=O)Nc2cccc(C(=N)N)c2)c1.O=S(=O)(O)CCO.